The van der Waals surface area contributed by atoms with E-state index in [9.17, 15) is 0 Å². The molecule has 0 aliphatic carbocycles. The Hall–Kier alpha value is -0.0431. The molecular weight excluding hydrogens is 112 g/mol. The SMILES string of the molecule is CCC/C=C/[Si](C)C. The molecule has 0 heterocycles. The molecule has 0 unspecified atom stereocenters. The minimum Gasteiger partial charge on any atom is -0.101 e. The lowest BCUT2D eigenvalue weighted by Crippen LogP contribution is -1.91. The highest BCUT2D eigenvalue weighted by Crippen LogP contribution is 1.90. The second kappa shape index (κ2) is 5.10. The van der Waals surface area contributed by atoms with Gasteiger partial charge in [-0.2, -0.15) is 0 Å². The normalized spacial score (nSPS) is 11.5. The molecule has 0 bridgehead atoms. The van der Waals surface area contributed by atoms with Gasteiger partial charge < -0.3 is 0 Å². The number of hydrogen-bond acceptors (Lipinski definition) is 0. The molecule has 0 nitrogen and oxygen atoms in total. The van der Waals surface area contributed by atoms with Gasteiger partial charge in [-0.15, -0.1) is 5.70 Å². The topological polar surface area (TPSA) is 0 Å². The molecule has 1 heteroatoms. The van der Waals surface area contributed by atoms with E-state index >= 15 is 0 Å². The Bertz CT molecular complexity index is 64.8. The molecule has 0 saturated carbocycles. The van der Waals surface area contributed by atoms with Gasteiger partial charge in [0, 0.05) is 0 Å². The fraction of sp³-hybridized carbons (Fsp3) is 0.714. The standard InChI is InChI=1S/C7H15Si/c1-4-5-6-7-8(2)3/h6-7H,4-5H2,1-3H3/b7-6+. The Morgan fingerprint density at radius 1 is 1.38 bits per heavy atom. The third kappa shape index (κ3) is 5.96. The summed E-state index contributed by atoms with van der Waals surface area (Å²) in [6.45, 7) is 6.82. The highest BCUT2D eigenvalue weighted by Gasteiger charge is 1.83. The molecule has 0 aromatic carbocycles. The zero-order chi connectivity index (χ0) is 6.41. The van der Waals surface area contributed by atoms with Crippen LogP contribution in [0.25, 0.3) is 0 Å². The van der Waals surface area contributed by atoms with E-state index in [1.165, 1.54) is 12.8 Å². The number of rotatable bonds is 3. The maximum Gasteiger partial charge on any atom is 0.0688 e. The molecular formula is C7H15Si. The van der Waals surface area contributed by atoms with E-state index in [0.717, 1.165) is 0 Å². The lowest BCUT2D eigenvalue weighted by molar-refractivity contribution is 0.960. The van der Waals surface area contributed by atoms with Gasteiger partial charge in [-0.3, -0.25) is 0 Å². The van der Waals surface area contributed by atoms with Crippen LogP contribution in [0.15, 0.2) is 11.8 Å². The minimum atomic E-state index is -0.0876. The van der Waals surface area contributed by atoms with Crippen LogP contribution >= 0.6 is 0 Å². The first-order valence-electron chi connectivity index (χ1n) is 3.24. The third-order valence-electron chi connectivity index (χ3n) is 0.907. The highest BCUT2D eigenvalue weighted by atomic mass is 28.3. The molecule has 0 spiro atoms. The summed E-state index contributed by atoms with van der Waals surface area (Å²) < 4.78 is 0. The predicted octanol–water partition coefficient (Wildman–Crippen LogP) is 2.64. The molecule has 0 aliphatic rings. The first kappa shape index (κ1) is 7.96. The summed E-state index contributed by atoms with van der Waals surface area (Å²) in [6, 6.07) is 0. The Labute approximate surface area is 54.2 Å². The summed E-state index contributed by atoms with van der Waals surface area (Å²) >= 11 is 0. The molecule has 0 aliphatic heterocycles. The summed E-state index contributed by atoms with van der Waals surface area (Å²) in [6.07, 6.45) is 4.84. The predicted molar refractivity (Wildman–Crippen MR) is 41.5 cm³/mol. The van der Waals surface area contributed by atoms with Crippen molar-refractivity contribution >= 4 is 8.80 Å². The molecule has 0 amide bonds. The van der Waals surface area contributed by atoms with Gasteiger partial charge in [-0.05, 0) is 6.42 Å². The van der Waals surface area contributed by atoms with Gasteiger partial charge in [-0.25, -0.2) is 0 Å². The molecule has 0 fully saturated rings. The summed E-state index contributed by atoms with van der Waals surface area (Å²) in [5.41, 5.74) is 2.36. The van der Waals surface area contributed by atoms with Gasteiger partial charge in [0.1, 0.15) is 0 Å². The van der Waals surface area contributed by atoms with Crippen LogP contribution in [0.2, 0.25) is 13.1 Å². The fourth-order valence-electron chi connectivity index (χ4n) is 0.486. The average molecular weight is 127 g/mol. The first-order chi connectivity index (χ1) is 3.77. The van der Waals surface area contributed by atoms with Gasteiger partial charge in [0.25, 0.3) is 0 Å². The van der Waals surface area contributed by atoms with Crippen molar-refractivity contribution in [1.82, 2.24) is 0 Å². The number of allylic oxidation sites excluding steroid dienone is 1. The minimum absolute atomic E-state index is 0.0876. The van der Waals surface area contributed by atoms with E-state index in [4.69, 9.17) is 0 Å². The monoisotopic (exact) mass is 127 g/mol. The molecule has 0 rings (SSSR count). The van der Waals surface area contributed by atoms with Crippen molar-refractivity contribution in [3.05, 3.63) is 11.8 Å². The van der Waals surface area contributed by atoms with E-state index in [1.54, 1.807) is 0 Å². The molecule has 47 valence electrons. The Morgan fingerprint density at radius 2 is 2.00 bits per heavy atom. The van der Waals surface area contributed by atoms with Crippen LogP contribution in [0.4, 0.5) is 0 Å². The van der Waals surface area contributed by atoms with Crippen LogP contribution in [-0.2, 0) is 0 Å². The van der Waals surface area contributed by atoms with Crippen LogP contribution in [-0.4, -0.2) is 8.80 Å². The first-order valence-corrected chi connectivity index (χ1v) is 5.81. The van der Waals surface area contributed by atoms with Crippen molar-refractivity contribution in [3.63, 3.8) is 0 Å². The maximum atomic E-state index is 2.36. The number of unbranched alkanes of at least 4 members (excludes halogenated alkanes) is 1. The van der Waals surface area contributed by atoms with Crippen molar-refractivity contribution < 1.29 is 0 Å². The molecule has 0 N–H and O–H groups in total. The average Bonchev–Trinajstić information content (AvgIpc) is 1.66. The van der Waals surface area contributed by atoms with Crippen molar-refractivity contribution in [2.75, 3.05) is 0 Å². The molecule has 1 radical (unpaired) electrons. The van der Waals surface area contributed by atoms with Crippen LogP contribution in [0, 0.1) is 0 Å². The van der Waals surface area contributed by atoms with Crippen LogP contribution in [0.3, 0.4) is 0 Å². The third-order valence-corrected chi connectivity index (χ3v) is 1.81. The largest absolute Gasteiger partial charge is 0.101 e. The zero-order valence-electron chi connectivity index (χ0n) is 6.07. The summed E-state index contributed by atoms with van der Waals surface area (Å²) in [7, 11) is -0.0876. The molecule has 0 aromatic rings. The van der Waals surface area contributed by atoms with Crippen LogP contribution in [0.1, 0.15) is 19.8 Å². The van der Waals surface area contributed by atoms with Crippen LogP contribution in [0.5, 0.6) is 0 Å². The van der Waals surface area contributed by atoms with Crippen LogP contribution < -0.4 is 0 Å². The molecule has 0 atom stereocenters. The summed E-state index contributed by atoms with van der Waals surface area (Å²) in [4.78, 5) is 0. The van der Waals surface area contributed by atoms with Crippen molar-refractivity contribution in [3.8, 4) is 0 Å². The number of hydrogen-bond donors (Lipinski definition) is 0. The fourth-order valence-corrected chi connectivity index (χ4v) is 1.12. The lowest BCUT2D eigenvalue weighted by Gasteiger charge is -1.88. The zero-order valence-corrected chi connectivity index (χ0v) is 7.07. The maximum absolute atomic E-state index is 2.36. The second-order valence-corrected chi connectivity index (χ2v) is 4.76. The lowest BCUT2D eigenvalue weighted by atomic mass is 10.3. The van der Waals surface area contributed by atoms with Crippen molar-refractivity contribution in [2.24, 2.45) is 0 Å². The van der Waals surface area contributed by atoms with E-state index < -0.39 is 0 Å². The van der Waals surface area contributed by atoms with E-state index in [1.807, 2.05) is 0 Å². The van der Waals surface area contributed by atoms with Gasteiger partial charge in [0.05, 0.1) is 8.80 Å². The van der Waals surface area contributed by atoms with Crippen molar-refractivity contribution in [1.29, 1.82) is 0 Å². The molecule has 0 saturated heterocycles. The van der Waals surface area contributed by atoms with E-state index in [-0.39, 0.29) is 8.80 Å². The van der Waals surface area contributed by atoms with Gasteiger partial charge in [-0.1, -0.05) is 32.5 Å². The van der Waals surface area contributed by atoms with E-state index in [0.29, 0.717) is 0 Å². The summed E-state index contributed by atoms with van der Waals surface area (Å²) in [5, 5.41) is 0. The van der Waals surface area contributed by atoms with Gasteiger partial charge in [0.15, 0.2) is 0 Å². The molecule has 0 aromatic heterocycles. The van der Waals surface area contributed by atoms with Gasteiger partial charge in [0.2, 0.25) is 0 Å². The second-order valence-electron chi connectivity index (χ2n) is 2.27. The van der Waals surface area contributed by atoms with E-state index in [2.05, 4.69) is 31.8 Å². The Morgan fingerprint density at radius 3 is 2.38 bits per heavy atom. The van der Waals surface area contributed by atoms with Crippen molar-refractivity contribution in [2.45, 2.75) is 32.9 Å². The molecule has 8 heavy (non-hydrogen) atoms. The smallest absolute Gasteiger partial charge is 0.0688 e. The van der Waals surface area contributed by atoms with Gasteiger partial charge >= 0.3 is 0 Å². The Kier molecular flexibility index (Phi) is 5.07. The Balaban J connectivity index is 3.07. The quantitative estimate of drug-likeness (QED) is 0.511. The summed E-state index contributed by atoms with van der Waals surface area (Å²) in [5.74, 6) is 0. The highest BCUT2D eigenvalue weighted by molar-refractivity contribution is 6.61.